The molecule has 3 aromatic rings. The lowest BCUT2D eigenvalue weighted by Crippen LogP contribution is -2.48. The summed E-state index contributed by atoms with van der Waals surface area (Å²) >= 11 is 2.24. The molecule has 0 fully saturated rings. The van der Waals surface area contributed by atoms with E-state index in [-0.39, 0.29) is 56.3 Å². The van der Waals surface area contributed by atoms with Crippen LogP contribution in [0.4, 0.5) is 8.78 Å². The monoisotopic (exact) mass is 737 g/mol. The van der Waals surface area contributed by atoms with Gasteiger partial charge in [0.25, 0.3) is 5.91 Å². The highest BCUT2D eigenvalue weighted by molar-refractivity contribution is 14.1. The van der Waals surface area contributed by atoms with Gasteiger partial charge in [-0.1, -0.05) is 30.7 Å². The van der Waals surface area contributed by atoms with Crippen molar-refractivity contribution < 1.29 is 23.8 Å². The van der Waals surface area contributed by atoms with Crippen molar-refractivity contribution in [2.24, 2.45) is 0 Å². The fraction of sp³-hybridized carbons (Fsp3) is 0.387. The van der Waals surface area contributed by atoms with Gasteiger partial charge in [0.2, 0.25) is 0 Å². The van der Waals surface area contributed by atoms with Crippen LogP contribution in [-0.2, 0) is 19.5 Å². The van der Waals surface area contributed by atoms with Crippen LogP contribution < -0.4 is 16.0 Å². The molecule has 0 spiro atoms. The van der Waals surface area contributed by atoms with Gasteiger partial charge in [0.05, 0.1) is 12.1 Å². The van der Waals surface area contributed by atoms with Gasteiger partial charge in [0.1, 0.15) is 11.6 Å². The molecule has 0 heterocycles. The Morgan fingerprint density at radius 2 is 1.67 bits per heavy atom. The first kappa shape index (κ1) is 38.2. The maximum Gasteiger partial charge on any atom is 0.251 e. The minimum absolute atomic E-state index is 0. The van der Waals surface area contributed by atoms with Crippen molar-refractivity contribution in [2.75, 3.05) is 13.2 Å². The molecule has 3 rings (SSSR count). The van der Waals surface area contributed by atoms with Crippen LogP contribution in [0.1, 0.15) is 52.4 Å². The smallest absolute Gasteiger partial charge is 0.251 e. The van der Waals surface area contributed by atoms with Crippen LogP contribution in [0.3, 0.4) is 0 Å². The molecule has 0 radical (unpaired) electrons. The summed E-state index contributed by atoms with van der Waals surface area (Å²) in [5, 5.41) is 29.9. The summed E-state index contributed by atoms with van der Waals surface area (Å²) < 4.78 is 28.9. The standard InChI is InChI=1S/C31H38F2IN3O3.2ClH/c1-3-28(7-8-38)36-18-23-9-20(2)10-24(11-23)31(40)37-29(15-22-12-25(32)16-26(33)13-22)30(39)19-35-17-21-5-4-6-27(34)14-21;;/h4-6,9-14,16,28-30,35-36,38-39H,3,7-8,15,17-19H2,1-2H3,(H,37,40);2*1H/t28?,29-,30+;;/m0../s1. The van der Waals surface area contributed by atoms with Gasteiger partial charge < -0.3 is 26.2 Å². The number of carbonyl (C=O) groups is 1. The Balaban J connectivity index is 0.00000441. The van der Waals surface area contributed by atoms with Crippen molar-refractivity contribution in [3.63, 3.8) is 0 Å². The molecule has 0 aliphatic carbocycles. The zero-order valence-electron chi connectivity index (χ0n) is 23.7. The van der Waals surface area contributed by atoms with Gasteiger partial charge in [-0.25, -0.2) is 8.78 Å². The first-order valence-corrected chi connectivity index (χ1v) is 14.6. The lowest BCUT2D eigenvalue weighted by molar-refractivity contribution is 0.0829. The zero-order chi connectivity index (χ0) is 29.1. The molecule has 0 aliphatic heterocycles. The summed E-state index contributed by atoms with van der Waals surface area (Å²) in [6, 6.07) is 16.1. The minimum Gasteiger partial charge on any atom is -0.396 e. The number of hydrogen-bond acceptors (Lipinski definition) is 5. The van der Waals surface area contributed by atoms with Gasteiger partial charge in [0.15, 0.2) is 0 Å². The molecule has 3 atom stereocenters. The fourth-order valence-corrected chi connectivity index (χ4v) is 5.24. The number of benzene rings is 3. The fourth-order valence-electron chi connectivity index (χ4n) is 4.64. The summed E-state index contributed by atoms with van der Waals surface area (Å²) in [7, 11) is 0. The van der Waals surface area contributed by atoms with Crippen molar-refractivity contribution in [3.05, 3.63) is 104 Å². The molecular weight excluding hydrogens is 698 g/mol. The highest BCUT2D eigenvalue weighted by Gasteiger charge is 2.23. The molecule has 0 bridgehead atoms. The number of rotatable bonds is 15. The van der Waals surface area contributed by atoms with E-state index >= 15 is 0 Å². The van der Waals surface area contributed by atoms with Gasteiger partial charge in [-0.2, -0.15) is 0 Å². The second kappa shape index (κ2) is 19.4. The molecule has 0 saturated carbocycles. The second-order valence-electron chi connectivity index (χ2n) is 10.1. The van der Waals surface area contributed by atoms with Gasteiger partial charge in [-0.3, -0.25) is 4.79 Å². The molecule has 0 saturated heterocycles. The molecule has 42 heavy (non-hydrogen) atoms. The normalized spacial score (nSPS) is 12.9. The third-order valence-corrected chi connectivity index (χ3v) is 7.37. The van der Waals surface area contributed by atoms with E-state index in [0.29, 0.717) is 30.6 Å². The van der Waals surface area contributed by atoms with Crippen molar-refractivity contribution in [2.45, 2.75) is 64.4 Å². The summed E-state index contributed by atoms with van der Waals surface area (Å²) in [6.45, 7) is 5.28. The number of nitrogens with one attached hydrogen (secondary N) is 3. The molecule has 3 aromatic carbocycles. The largest absolute Gasteiger partial charge is 0.396 e. The van der Waals surface area contributed by atoms with E-state index in [4.69, 9.17) is 0 Å². The summed E-state index contributed by atoms with van der Waals surface area (Å²) in [6.07, 6.45) is 0.546. The van der Waals surface area contributed by atoms with Crippen molar-refractivity contribution in [1.82, 2.24) is 16.0 Å². The lowest BCUT2D eigenvalue weighted by atomic mass is 9.99. The second-order valence-corrected chi connectivity index (χ2v) is 11.3. The first-order chi connectivity index (χ1) is 19.2. The molecule has 232 valence electrons. The van der Waals surface area contributed by atoms with Crippen LogP contribution in [0.2, 0.25) is 0 Å². The van der Waals surface area contributed by atoms with Crippen LogP contribution in [0, 0.1) is 22.1 Å². The average molecular weight is 738 g/mol. The Labute approximate surface area is 273 Å². The van der Waals surface area contributed by atoms with Gasteiger partial charge in [-0.05, 0) is 102 Å². The summed E-state index contributed by atoms with van der Waals surface area (Å²) in [4.78, 5) is 13.4. The first-order valence-electron chi connectivity index (χ1n) is 13.5. The van der Waals surface area contributed by atoms with Gasteiger partial charge in [-0.15, -0.1) is 24.8 Å². The predicted octanol–water partition coefficient (Wildman–Crippen LogP) is 5.46. The van der Waals surface area contributed by atoms with Crippen LogP contribution >= 0.6 is 47.4 Å². The van der Waals surface area contributed by atoms with E-state index in [0.717, 1.165) is 32.7 Å². The molecule has 11 heteroatoms. The Morgan fingerprint density at radius 1 is 0.952 bits per heavy atom. The molecule has 6 nitrogen and oxygen atoms in total. The minimum atomic E-state index is -1.02. The topological polar surface area (TPSA) is 93.6 Å². The molecule has 5 N–H and O–H groups in total. The Bertz CT molecular complexity index is 1250. The molecule has 0 aliphatic rings. The maximum absolute atomic E-state index is 13.9. The van der Waals surface area contributed by atoms with Gasteiger partial charge in [0, 0.05) is 47.5 Å². The number of aryl methyl sites for hydroxylation is 1. The molecule has 1 unspecified atom stereocenters. The third-order valence-electron chi connectivity index (χ3n) is 6.70. The molecule has 0 aromatic heterocycles. The number of aliphatic hydroxyl groups is 2. The van der Waals surface area contributed by atoms with E-state index < -0.39 is 23.8 Å². The number of halogens is 5. The Kier molecular flexibility index (Phi) is 17.7. The van der Waals surface area contributed by atoms with Crippen LogP contribution in [0.5, 0.6) is 0 Å². The summed E-state index contributed by atoms with van der Waals surface area (Å²) in [5.41, 5.74) is 3.65. The SMILES string of the molecule is CCC(CCO)NCc1cc(C)cc(C(=O)N[C@@H](Cc2cc(F)cc(F)c2)[C@H](O)CNCc2cccc(I)c2)c1.Cl.Cl. The van der Waals surface area contributed by atoms with Gasteiger partial charge >= 0.3 is 0 Å². The highest BCUT2D eigenvalue weighted by atomic mass is 127. The predicted molar refractivity (Wildman–Crippen MR) is 176 cm³/mol. The van der Waals surface area contributed by atoms with E-state index in [2.05, 4.69) is 38.5 Å². The van der Waals surface area contributed by atoms with E-state index in [9.17, 15) is 23.8 Å². The summed E-state index contributed by atoms with van der Waals surface area (Å²) in [5.74, 6) is -1.81. The average Bonchev–Trinajstić information content (AvgIpc) is 2.89. The van der Waals surface area contributed by atoms with Crippen LogP contribution in [0.25, 0.3) is 0 Å². The Hall–Kier alpha value is -1.86. The van der Waals surface area contributed by atoms with E-state index in [1.165, 1.54) is 12.1 Å². The highest BCUT2D eigenvalue weighted by Crippen LogP contribution is 2.15. The number of carbonyl (C=O) groups excluding carboxylic acids is 1. The van der Waals surface area contributed by atoms with Crippen molar-refractivity contribution in [1.29, 1.82) is 0 Å². The Morgan fingerprint density at radius 3 is 2.31 bits per heavy atom. The number of amides is 1. The number of hydrogen-bond donors (Lipinski definition) is 5. The maximum atomic E-state index is 13.9. The van der Waals surface area contributed by atoms with E-state index in [1.54, 1.807) is 12.1 Å². The van der Waals surface area contributed by atoms with Crippen LogP contribution in [0.15, 0.2) is 60.7 Å². The van der Waals surface area contributed by atoms with Crippen molar-refractivity contribution >= 4 is 53.3 Å². The molecular formula is C31H40Cl2F2IN3O3. The van der Waals surface area contributed by atoms with Crippen LogP contribution in [-0.4, -0.2) is 47.5 Å². The lowest BCUT2D eigenvalue weighted by Gasteiger charge is -2.25. The van der Waals surface area contributed by atoms with E-state index in [1.807, 2.05) is 44.2 Å². The van der Waals surface area contributed by atoms with Crippen molar-refractivity contribution in [3.8, 4) is 0 Å². The quantitative estimate of drug-likeness (QED) is 0.134. The zero-order valence-corrected chi connectivity index (χ0v) is 27.5. The third kappa shape index (κ3) is 12.8. The molecule has 1 amide bonds. The number of aliphatic hydroxyl groups excluding tert-OH is 2.